The third kappa shape index (κ3) is 6.94. The van der Waals surface area contributed by atoms with Gasteiger partial charge in [-0.15, -0.1) is 0 Å². The van der Waals surface area contributed by atoms with Crippen molar-refractivity contribution in [3.8, 4) is 0 Å². The van der Waals surface area contributed by atoms with Crippen molar-refractivity contribution in [3.05, 3.63) is 35.9 Å². The molecule has 2 unspecified atom stereocenters. The second-order valence-corrected chi connectivity index (χ2v) is 9.43. The molecule has 1 N–H and O–H groups in total. The maximum atomic E-state index is 11.4. The summed E-state index contributed by atoms with van der Waals surface area (Å²) in [6.07, 6.45) is -2.63. The fourth-order valence-corrected chi connectivity index (χ4v) is 5.07. The molecular formula is C11H13O12P3-4. The predicted octanol–water partition coefficient (Wildman–Crippen LogP) is -1.31. The van der Waals surface area contributed by atoms with E-state index in [1.807, 2.05) is 0 Å². The van der Waals surface area contributed by atoms with Gasteiger partial charge in [-0.25, -0.2) is 4.31 Å². The highest BCUT2D eigenvalue weighted by Gasteiger charge is 2.36. The second kappa shape index (κ2) is 8.28. The zero-order chi connectivity index (χ0) is 19.6. The van der Waals surface area contributed by atoms with Crippen LogP contribution in [-0.2, 0) is 31.6 Å². The van der Waals surface area contributed by atoms with Crippen molar-refractivity contribution >= 4 is 23.5 Å². The Bertz CT molecular complexity index is 748. The molecule has 0 spiro atoms. The Hall–Kier alpha value is -0.450. The maximum Gasteiger partial charge on any atom is 0.278 e. The summed E-state index contributed by atoms with van der Waals surface area (Å²) in [7, 11) is -17.7. The standard InChI is InChI=1S/C11H17O12P3/c12-9-6-10(8-4-2-1-3-5-8)21-11(9)7-20-25(16,17)23-26(18,19)22-24(13,14)15/h1-5,9-12H,6-7H2,(H,16,17)(H,18,19)(H2,13,14,15)/p-4/t9-,10+,11+/m0/s1. The van der Waals surface area contributed by atoms with Crippen LogP contribution in [-0.4, -0.2) is 23.9 Å². The van der Waals surface area contributed by atoms with E-state index in [4.69, 9.17) is 4.74 Å². The van der Waals surface area contributed by atoms with Crippen molar-refractivity contribution in [1.82, 2.24) is 0 Å². The molecule has 5 atom stereocenters. The summed E-state index contributed by atoms with van der Waals surface area (Å²) in [5.74, 6) is 0. The lowest BCUT2D eigenvalue weighted by Gasteiger charge is -2.37. The smallest absolute Gasteiger partial charge is 0.278 e. The monoisotopic (exact) mass is 430 g/mol. The molecule has 12 nitrogen and oxygen atoms in total. The molecule has 1 saturated heterocycles. The lowest BCUT2D eigenvalue weighted by Crippen LogP contribution is -2.27. The van der Waals surface area contributed by atoms with Gasteiger partial charge in [0.2, 0.25) is 0 Å². The zero-order valence-electron chi connectivity index (χ0n) is 12.8. The van der Waals surface area contributed by atoms with Crippen LogP contribution in [0.25, 0.3) is 0 Å². The first-order valence-corrected chi connectivity index (χ1v) is 11.3. The molecule has 0 bridgehead atoms. The number of phosphoric ester groups is 1. The van der Waals surface area contributed by atoms with Crippen molar-refractivity contribution in [1.29, 1.82) is 0 Å². The Labute approximate surface area is 147 Å². The van der Waals surface area contributed by atoms with Gasteiger partial charge >= 0.3 is 0 Å². The van der Waals surface area contributed by atoms with E-state index in [0.717, 1.165) is 5.56 Å². The van der Waals surface area contributed by atoms with Crippen LogP contribution < -0.4 is 19.6 Å². The highest BCUT2D eigenvalue weighted by atomic mass is 31.3. The molecule has 1 aromatic rings. The molecule has 0 saturated carbocycles. The average molecular weight is 430 g/mol. The van der Waals surface area contributed by atoms with Gasteiger partial charge in [-0.05, 0) is 5.56 Å². The molecule has 26 heavy (non-hydrogen) atoms. The lowest BCUT2D eigenvalue weighted by atomic mass is 10.1. The molecule has 0 aliphatic carbocycles. The zero-order valence-corrected chi connectivity index (χ0v) is 15.5. The van der Waals surface area contributed by atoms with E-state index in [1.54, 1.807) is 30.3 Å². The molecule has 1 fully saturated rings. The number of aliphatic hydroxyl groups excluding tert-OH is 1. The number of hydrogen-bond donors (Lipinski definition) is 1. The summed E-state index contributed by atoms with van der Waals surface area (Å²) >= 11 is 0. The van der Waals surface area contributed by atoms with E-state index in [2.05, 4.69) is 13.1 Å². The minimum Gasteiger partial charge on any atom is -0.790 e. The summed E-state index contributed by atoms with van der Waals surface area (Å²) in [4.78, 5) is 42.9. The number of benzene rings is 1. The first kappa shape index (κ1) is 21.8. The van der Waals surface area contributed by atoms with E-state index < -0.39 is 48.4 Å². The van der Waals surface area contributed by atoms with Gasteiger partial charge in [-0.1, -0.05) is 30.3 Å². The van der Waals surface area contributed by atoms with E-state index >= 15 is 0 Å². The molecule has 148 valence electrons. The van der Waals surface area contributed by atoms with Crippen molar-refractivity contribution in [3.63, 3.8) is 0 Å². The Morgan fingerprint density at radius 3 is 2.23 bits per heavy atom. The molecule has 0 aromatic heterocycles. The second-order valence-electron chi connectivity index (χ2n) is 5.18. The SMILES string of the molecule is O=P([O-])([O-])OP(=O)([O-])OP(=O)([O-])OC[C@H]1O[C@@H](c2ccccc2)C[C@@H]1O. The van der Waals surface area contributed by atoms with Crippen molar-refractivity contribution in [2.75, 3.05) is 6.61 Å². The van der Waals surface area contributed by atoms with Crippen LogP contribution in [0.2, 0.25) is 0 Å². The quantitative estimate of drug-likeness (QED) is 0.478. The highest BCUT2D eigenvalue weighted by Crippen LogP contribution is 2.60. The normalized spacial score (nSPS) is 28.4. The minimum atomic E-state index is -6.05. The van der Waals surface area contributed by atoms with Crippen LogP contribution in [0.1, 0.15) is 18.1 Å². The number of hydrogen-bond acceptors (Lipinski definition) is 12. The Morgan fingerprint density at radius 2 is 1.65 bits per heavy atom. The largest absolute Gasteiger partial charge is 0.790 e. The fraction of sp³-hybridized carbons (Fsp3) is 0.455. The fourth-order valence-electron chi connectivity index (χ4n) is 2.21. The van der Waals surface area contributed by atoms with Gasteiger partial charge in [0.15, 0.2) is 0 Å². The van der Waals surface area contributed by atoms with Crippen molar-refractivity contribution in [2.24, 2.45) is 0 Å². The molecule has 0 amide bonds. The summed E-state index contributed by atoms with van der Waals surface area (Å²) in [5.41, 5.74) is 0.731. The summed E-state index contributed by atoms with van der Waals surface area (Å²) in [6.45, 7) is -0.808. The van der Waals surface area contributed by atoms with Crippen LogP contribution in [0.15, 0.2) is 30.3 Å². The topological polar surface area (TPSA) is 201 Å². The number of aliphatic hydroxyl groups is 1. The molecular weight excluding hydrogens is 417 g/mol. The van der Waals surface area contributed by atoms with Gasteiger partial charge < -0.3 is 38.5 Å². The first-order chi connectivity index (χ1) is 11.9. The van der Waals surface area contributed by atoms with Gasteiger partial charge in [-0.3, -0.25) is 13.4 Å². The van der Waals surface area contributed by atoms with Crippen LogP contribution in [0, 0.1) is 0 Å². The number of rotatable bonds is 8. The van der Waals surface area contributed by atoms with Gasteiger partial charge in [0.1, 0.15) is 6.10 Å². The Kier molecular flexibility index (Phi) is 6.96. The third-order valence-corrected chi connectivity index (χ3v) is 6.86. The molecule has 15 heteroatoms. The molecule has 1 aliphatic rings. The Morgan fingerprint density at radius 1 is 1.04 bits per heavy atom. The van der Waals surface area contributed by atoms with Crippen LogP contribution in [0.3, 0.4) is 0 Å². The van der Waals surface area contributed by atoms with Gasteiger partial charge in [0, 0.05) is 6.42 Å². The van der Waals surface area contributed by atoms with Crippen LogP contribution in [0.5, 0.6) is 0 Å². The summed E-state index contributed by atoms with van der Waals surface area (Å²) in [5, 5.41) is 9.90. The van der Waals surface area contributed by atoms with Crippen molar-refractivity contribution in [2.45, 2.75) is 24.7 Å². The molecule has 1 aliphatic heterocycles. The van der Waals surface area contributed by atoms with Crippen molar-refractivity contribution < 1.29 is 56.3 Å². The number of phosphoric acid groups is 3. The lowest BCUT2D eigenvalue weighted by molar-refractivity contribution is -0.339. The maximum absolute atomic E-state index is 11.4. The Balaban J connectivity index is 1.92. The predicted molar refractivity (Wildman–Crippen MR) is 75.6 cm³/mol. The highest BCUT2D eigenvalue weighted by molar-refractivity contribution is 7.64. The minimum absolute atomic E-state index is 0.140. The van der Waals surface area contributed by atoms with Gasteiger partial charge in [-0.2, -0.15) is 0 Å². The van der Waals surface area contributed by atoms with Crippen LogP contribution in [0.4, 0.5) is 0 Å². The van der Waals surface area contributed by atoms with Gasteiger partial charge in [0.05, 0.1) is 26.6 Å². The molecule has 1 aromatic carbocycles. The average Bonchev–Trinajstić information content (AvgIpc) is 2.84. The number of ether oxygens (including phenoxy) is 1. The van der Waals surface area contributed by atoms with E-state index in [1.165, 1.54) is 0 Å². The van der Waals surface area contributed by atoms with E-state index in [9.17, 15) is 38.4 Å². The van der Waals surface area contributed by atoms with Crippen LogP contribution >= 0.6 is 23.5 Å². The summed E-state index contributed by atoms with van der Waals surface area (Å²) in [6, 6.07) is 8.72. The van der Waals surface area contributed by atoms with E-state index in [-0.39, 0.29) is 6.42 Å². The summed E-state index contributed by atoms with van der Waals surface area (Å²) < 4.78 is 48.9. The molecule has 1 heterocycles. The third-order valence-electron chi connectivity index (χ3n) is 3.19. The van der Waals surface area contributed by atoms with E-state index in [0.29, 0.717) is 0 Å². The first-order valence-electron chi connectivity index (χ1n) is 6.97. The molecule has 0 radical (unpaired) electrons. The van der Waals surface area contributed by atoms with Gasteiger partial charge in [0.25, 0.3) is 15.6 Å². The molecule has 2 rings (SSSR count).